The molecule has 2 N–H and O–H groups in total. The molecule has 1 aromatic carbocycles. The predicted octanol–water partition coefficient (Wildman–Crippen LogP) is 4.26. The second-order valence-corrected chi connectivity index (χ2v) is 12.7. The van der Waals surface area contributed by atoms with Crippen molar-refractivity contribution in [1.29, 1.82) is 5.26 Å². The highest BCUT2D eigenvalue weighted by Gasteiger charge is 2.47. The molecule has 9 nitrogen and oxygen atoms in total. The zero-order valence-electron chi connectivity index (χ0n) is 24.7. The summed E-state index contributed by atoms with van der Waals surface area (Å²) >= 11 is 0. The fourth-order valence-electron chi connectivity index (χ4n) is 7.14. The largest absolute Gasteiger partial charge is 0.417 e. The third-order valence-electron chi connectivity index (χ3n) is 9.90. The molecular formula is C32H38F3N7O2. The van der Waals surface area contributed by atoms with Gasteiger partial charge < -0.3 is 25.3 Å². The van der Waals surface area contributed by atoms with E-state index in [1.165, 1.54) is 12.1 Å². The van der Waals surface area contributed by atoms with Crippen molar-refractivity contribution in [3.8, 4) is 6.07 Å². The number of anilines is 3. The van der Waals surface area contributed by atoms with Crippen molar-refractivity contribution >= 4 is 29.0 Å². The Labute approximate surface area is 255 Å². The maximum atomic E-state index is 13.4. The molecule has 4 saturated heterocycles. The molecule has 2 aromatic rings. The van der Waals surface area contributed by atoms with Gasteiger partial charge in [0.15, 0.2) is 0 Å². The number of amides is 2. The van der Waals surface area contributed by atoms with Crippen LogP contribution in [0.3, 0.4) is 0 Å². The number of nitriles is 1. The van der Waals surface area contributed by atoms with E-state index in [1.807, 2.05) is 17.0 Å². The number of pyridine rings is 1. The second-order valence-electron chi connectivity index (χ2n) is 12.7. The monoisotopic (exact) mass is 609 g/mol. The Morgan fingerprint density at radius 3 is 2.20 bits per heavy atom. The van der Waals surface area contributed by atoms with Crippen LogP contribution in [-0.4, -0.2) is 74.1 Å². The van der Waals surface area contributed by atoms with Crippen LogP contribution < -0.4 is 20.4 Å². The van der Waals surface area contributed by atoms with Gasteiger partial charge in [-0.3, -0.25) is 9.59 Å². The molecule has 44 heavy (non-hydrogen) atoms. The van der Waals surface area contributed by atoms with Crippen molar-refractivity contribution in [3.05, 3.63) is 47.7 Å². The summed E-state index contributed by atoms with van der Waals surface area (Å²) in [6, 6.07) is 9.14. The van der Waals surface area contributed by atoms with Crippen LogP contribution in [0.2, 0.25) is 0 Å². The number of benzene rings is 1. The first kappa shape index (κ1) is 30.2. The van der Waals surface area contributed by atoms with Crippen molar-refractivity contribution in [3.63, 3.8) is 0 Å². The Morgan fingerprint density at radius 2 is 1.59 bits per heavy atom. The van der Waals surface area contributed by atoms with E-state index in [0.717, 1.165) is 76.7 Å². The minimum absolute atomic E-state index is 0.144. The number of carbonyl (C=O) groups is 2. The van der Waals surface area contributed by atoms with E-state index in [4.69, 9.17) is 5.26 Å². The molecule has 2 amide bonds. The van der Waals surface area contributed by atoms with Gasteiger partial charge in [0.2, 0.25) is 11.8 Å². The maximum Gasteiger partial charge on any atom is 0.417 e. The first-order valence-corrected chi connectivity index (χ1v) is 15.5. The number of rotatable bonds is 5. The molecule has 234 valence electrons. The van der Waals surface area contributed by atoms with Crippen molar-refractivity contribution in [1.82, 2.24) is 15.2 Å². The summed E-state index contributed by atoms with van der Waals surface area (Å²) in [5, 5.41) is 15.3. The Kier molecular flexibility index (Phi) is 8.42. The number of nitrogens with zero attached hydrogens (tertiary/aromatic N) is 5. The first-order valence-electron chi connectivity index (χ1n) is 15.5. The number of hydrogen-bond acceptors (Lipinski definition) is 7. The van der Waals surface area contributed by atoms with Crippen LogP contribution in [0.4, 0.5) is 30.4 Å². The van der Waals surface area contributed by atoms with Gasteiger partial charge in [-0.2, -0.15) is 18.4 Å². The number of carbonyl (C=O) groups excluding carboxylic acids is 2. The molecular weight excluding hydrogens is 571 g/mol. The summed E-state index contributed by atoms with van der Waals surface area (Å²) in [5.74, 6) is 0.570. The SMILES string of the molecule is N#Cc1ccc(N2CCC(C(=O)Nc3ccc(N4CCC5(CC4)CN(C(=O)C4CCNCC4)C5)cn3)CC2)cc1C(F)(F)F. The number of aromatic nitrogens is 1. The third kappa shape index (κ3) is 6.34. The standard InChI is InChI=1S/C32H38F3N7O2/c33-32(34,35)27-17-25(2-1-24(27)18-36)40-13-7-22(8-14-40)29(43)39-28-4-3-26(19-38-28)41-15-9-31(10-16-41)20-42(21-31)30(44)23-5-11-37-12-6-23/h1-4,17,19,22-23,37H,5-16,20-21H2,(H,38,39,43). The van der Waals surface area contributed by atoms with Crippen LogP contribution in [0.5, 0.6) is 0 Å². The highest BCUT2D eigenvalue weighted by molar-refractivity contribution is 5.92. The van der Waals surface area contributed by atoms with Crippen LogP contribution in [0.1, 0.15) is 49.7 Å². The molecule has 1 aromatic heterocycles. The zero-order valence-corrected chi connectivity index (χ0v) is 24.7. The summed E-state index contributed by atoms with van der Waals surface area (Å²) in [6.45, 7) is 6.29. The fraction of sp³-hybridized carbons (Fsp3) is 0.562. The Hall–Kier alpha value is -3.85. The third-order valence-corrected chi connectivity index (χ3v) is 9.90. The summed E-state index contributed by atoms with van der Waals surface area (Å²) in [4.78, 5) is 36.5. The maximum absolute atomic E-state index is 13.4. The van der Waals surface area contributed by atoms with Crippen LogP contribution >= 0.6 is 0 Å². The molecule has 0 saturated carbocycles. The van der Waals surface area contributed by atoms with Gasteiger partial charge in [-0.25, -0.2) is 4.98 Å². The van der Waals surface area contributed by atoms with Crippen LogP contribution in [0.15, 0.2) is 36.5 Å². The first-order chi connectivity index (χ1) is 21.1. The average molecular weight is 610 g/mol. The minimum atomic E-state index is -4.61. The fourth-order valence-corrected chi connectivity index (χ4v) is 7.14. The molecule has 5 heterocycles. The number of hydrogen-bond donors (Lipinski definition) is 2. The molecule has 0 aliphatic carbocycles. The molecule has 0 bridgehead atoms. The van der Waals surface area contributed by atoms with E-state index in [-0.39, 0.29) is 23.2 Å². The van der Waals surface area contributed by atoms with Crippen LogP contribution in [0.25, 0.3) is 0 Å². The smallest absolute Gasteiger partial charge is 0.371 e. The highest BCUT2D eigenvalue weighted by Crippen LogP contribution is 2.42. The van der Waals surface area contributed by atoms with Crippen molar-refractivity contribution in [2.75, 3.05) is 67.5 Å². The molecule has 4 aliphatic heterocycles. The summed E-state index contributed by atoms with van der Waals surface area (Å²) in [6.07, 6.45) is 2.14. The molecule has 0 atom stereocenters. The molecule has 0 radical (unpaired) electrons. The number of nitrogens with one attached hydrogen (secondary N) is 2. The van der Waals surface area contributed by atoms with Gasteiger partial charge in [-0.05, 0) is 81.9 Å². The van der Waals surface area contributed by atoms with Gasteiger partial charge in [-0.1, -0.05) is 0 Å². The van der Waals surface area contributed by atoms with Gasteiger partial charge in [-0.15, -0.1) is 0 Å². The average Bonchev–Trinajstić information content (AvgIpc) is 3.03. The van der Waals surface area contributed by atoms with E-state index < -0.39 is 17.3 Å². The van der Waals surface area contributed by atoms with E-state index in [9.17, 15) is 22.8 Å². The Bertz CT molecular complexity index is 1390. The second kappa shape index (κ2) is 12.3. The quantitative estimate of drug-likeness (QED) is 0.522. The van der Waals surface area contributed by atoms with Crippen molar-refractivity contribution in [2.24, 2.45) is 17.3 Å². The number of likely N-dealkylation sites (tertiary alicyclic amines) is 1. The van der Waals surface area contributed by atoms with Gasteiger partial charge in [0.05, 0.1) is 29.1 Å². The predicted molar refractivity (Wildman–Crippen MR) is 160 cm³/mol. The lowest BCUT2D eigenvalue weighted by molar-refractivity contribution is -0.150. The zero-order chi connectivity index (χ0) is 30.9. The van der Waals surface area contributed by atoms with E-state index in [1.54, 1.807) is 12.3 Å². The lowest BCUT2D eigenvalue weighted by Crippen LogP contribution is -2.63. The molecule has 4 fully saturated rings. The summed E-state index contributed by atoms with van der Waals surface area (Å²) in [5.41, 5.74) is 0.302. The van der Waals surface area contributed by atoms with Gasteiger partial charge in [0.1, 0.15) is 5.82 Å². The van der Waals surface area contributed by atoms with Gasteiger partial charge in [0, 0.05) is 62.2 Å². The molecule has 0 unspecified atom stereocenters. The topological polar surface area (TPSA) is 105 Å². The van der Waals surface area contributed by atoms with Crippen LogP contribution in [0, 0.1) is 28.6 Å². The number of halogens is 3. The number of piperidine rings is 3. The lowest BCUT2D eigenvalue weighted by atomic mass is 9.71. The lowest BCUT2D eigenvalue weighted by Gasteiger charge is -2.55. The summed E-state index contributed by atoms with van der Waals surface area (Å²) < 4.78 is 40.1. The van der Waals surface area contributed by atoms with E-state index in [2.05, 4.69) is 25.4 Å². The van der Waals surface area contributed by atoms with E-state index >= 15 is 0 Å². The minimum Gasteiger partial charge on any atom is -0.371 e. The molecule has 1 spiro atoms. The highest BCUT2D eigenvalue weighted by atomic mass is 19.4. The van der Waals surface area contributed by atoms with Gasteiger partial charge >= 0.3 is 6.18 Å². The van der Waals surface area contributed by atoms with Crippen LogP contribution in [-0.2, 0) is 15.8 Å². The van der Waals surface area contributed by atoms with Gasteiger partial charge in [0.25, 0.3) is 0 Å². The molecule has 4 aliphatic rings. The van der Waals surface area contributed by atoms with Crippen molar-refractivity contribution in [2.45, 2.75) is 44.7 Å². The normalized spacial score (nSPS) is 21.1. The molecule has 12 heteroatoms. The number of alkyl halides is 3. The summed E-state index contributed by atoms with van der Waals surface area (Å²) in [7, 11) is 0. The molecule has 6 rings (SSSR count). The Morgan fingerprint density at radius 1 is 0.932 bits per heavy atom. The van der Waals surface area contributed by atoms with E-state index in [0.29, 0.717) is 43.3 Å². The Balaban J connectivity index is 0.956. The van der Waals surface area contributed by atoms with Crippen molar-refractivity contribution < 1.29 is 22.8 Å².